The fourth-order valence-corrected chi connectivity index (χ4v) is 2.34. The van der Waals surface area contributed by atoms with E-state index in [1.807, 2.05) is 11.8 Å². The maximum Gasteiger partial charge on any atom is 0.334 e. The third-order valence-electron chi connectivity index (χ3n) is 3.29. The molecule has 2 unspecified atom stereocenters. The summed E-state index contributed by atoms with van der Waals surface area (Å²) < 4.78 is 18.1. The topological polar surface area (TPSA) is 62.7 Å². The van der Waals surface area contributed by atoms with E-state index in [9.17, 15) is 9.18 Å². The molecule has 5 nitrogen and oxygen atoms in total. The smallest absolute Gasteiger partial charge is 0.334 e. The van der Waals surface area contributed by atoms with Gasteiger partial charge in [-0.2, -0.15) is 0 Å². The number of pyridine rings is 1. The second-order valence-electron chi connectivity index (χ2n) is 4.52. The number of rotatable bonds is 4. The molecule has 1 N–H and O–H groups in total. The first-order valence-corrected chi connectivity index (χ1v) is 6.31. The van der Waals surface area contributed by atoms with Crippen molar-refractivity contribution in [3.8, 4) is 0 Å². The molecule has 1 aliphatic heterocycles. The van der Waals surface area contributed by atoms with Gasteiger partial charge in [-0.15, -0.1) is 0 Å². The average Bonchev–Trinajstić information content (AvgIpc) is 2.42. The highest BCUT2D eigenvalue weighted by atomic mass is 19.1. The molecule has 19 heavy (non-hydrogen) atoms. The van der Waals surface area contributed by atoms with Gasteiger partial charge < -0.3 is 9.84 Å². The molecule has 0 radical (unpaired) electrons. The Balaban J connectivity index is 2.12. The third-order valence-corrected chi connectivity index (χ3v) is 3.29. The number of aliphatic carboxylic acids is 1. The fraction of sp³-hybridized carbons (Fsp3) is 0.538. The van der Waals surface area contributed by atoms with Gasteiger partial charge in [0.1, 0.15) is 5.82 Å². The van der Waals surface area contributed by atoms with Crippen molar-refractivity contribution in [2.45, 2.75) is 25.5 Å². The first-order valence-electron chi connectivity index (χ1n) is 6.31. The third kappa shape index (κ3) is 3.27. The van der Waals surface area contributed by atoms with Crippen LogP contribution in [-0.4, -0.2) is 46.8 Å². The van der Waals surface area contributed by atoms with Gasteiger partial charge in [0, 0.05) is 13.1 Å². The summed E-state index contributed by atoms with van der Waals surface area (Å²) >= 11 is 0. The van der Waals surface area contributed by atoms with Crippen molar-refractivity contribution in [3.05, 3.63) is 29.8 Å². The van der Waals surface area contributed by atoms with Crippen LogP contribution < -0.4 is 0 Å². The minimum atomic E-state index is -0.952. The summed E-state index contributed by atoms with van der Waals surface area (Å²) in [6, 6.07) is 3.01. The molecule has 0 amide bonds. The van der Waals surface area contributed by atoms with Crippen molar-refractivity contribution in [2.75, 3.05) is 19.7 Å². The molecular weight excluding hydrogens is 251 g/mol. The zero-order chi connectivity index (χ0) is 13.8. The normalized spacial score (nSPS) is 22.1. The van der Waals surface area contributed by atoms with E-state index in [1.54, 1.807) is 6.07 Å². The number of halogens is 1. The van der Waals surface area contributed by atoms with Crippen molar-refractivity contribution in [1.29, 1.82) is 0 Å². The number of carboxylic acid groups (broad SMARTS) is 1. The summed E-state index contributed by atoms with van der Waals surface area (Å²) in [6.07, 6.45) is 1.17. The molecule has 0 aliphatic carbocycles. The first kappa shape index (κ1) is 13.9. The standard InChI is InChI=1S/C13H17FN2O3/c1-2-11(10-4-3-9(14)7-15-10)16-5-6-19-12(8-16)13(17)18/h3-4,7,11-12H,2,5-6,8H2,1H3,(H,17,18). The maximum absolute atomic E-state index is 12.9. The molecule has 2 heterocycles. The van der Waals surface area contributed by atoms with Crippen LogP contribution in [0.2, 0.25) is 0 Å². The van der Waals surface area contributed by atoms with Gasteiger partial charge in [-0.1, -0.05) is 6.92 Å². The van der Waals surface area contributed by atoms with Crippen LogP contribution >= 0.6 is 0 Å². The number of hydrogen-bond donors (Lipinski definition) is 1. The van der Waals surface area contributed by atoms with E-state index >= 15 is 0 Å². The number of aromatic nitrogens is 1. The summed E-state index contributed by atoms with van der Waals surface area (Å²) in [6.45, 7) is 3.36. The molecule has 0 spiro atoms. The Morgan fingerprint density at radius 3 is 3.05 bits per heavy atom. The summed E-state index contributed by atoms with van der Waals surface area (Å²) in [5, 5.41) is 9.00. The Labute approximate surface area is 111 Å². The lowest BCUT2D eigenvalue weighted by molar-refractivity contribution is -0.157. The Kier molecular flexibility index (Phi) is 4.44. The molecule has 6 heteroatoms. The summed E-state index contributed by atoms with van der Waals surface area (Å²) in [5.74, 6) is -1.32. The van der Waals surface area contributed by atoms with Crippen LogP contribution in [0.15, 0.2) is 18.3 Å². The van der Waals surface area contributed by atoms with Crippen molar-refractivity contribution in [2.24, 2.45) is 0 Å². The van der Waals surface area contributed by atoms with E-state index in [2.05, 4.69) is 4.98 Å². The van der Waals surface area contributed by atoms with Crippen LogP contribution in [0, 0.1) is 5.82 Å². The summed E-state index contributed by atoms with van der Waals surface area (Å²) in [5.41, 5.74) is 0.759. The van der Waals surface area contributed by atoms with Gasteiger partial charge in [-0.05, 0) is 18.6 Å². The number of hydrogen-bond acceptors (Lipinski definition) is 4. The number of ether oxygens (including phenoxy) is 1. The van der Waals surface area contributed by atoms with Crippen molar-refractivity contribution < 1.29 is 19.0 Å². The predicted molar refractivity (Wildman–Crippen MR) is 66.2 cm³/mol. The van der Waals surface area contributed by atoms with Crippen LogP contribution in [0.1, 0.15) is 25.1 Å². The second-order valence-corrected chi connectivity index (χ2v) is 4.52. The number of carboxylic acids is 1. The van der Waals surface area contributed by atoms with Gasteiger partial charge in [0.2, 0.25) is 0 Å². The van der Waals surface area contributed by atoms with Crippen molar-refractivity contribution in [3.63, 3.8) is 0 Å². The lowest BCUT2D eigenvalue weighted by Gasteiger charge is -2.36. The zero-order valence-electron chi connectivity index (χ0n) is 10.8. The minimum Gasteiger partial charge on any atom is -0.479 e. The van der Waals surface area contributed by atoms with Gasteiger partial charge in [-0.25, -0.2) is 9.18 Å². The highest BCUT2D eigenvalue weighted by molar-refractivity contribution is 5.72. The van der Waals surface area contributed by atoms with Crippen LogP contribution in [0.25, 0.3) is 0 Å². The van der Waals surface area contributed by atoms with Gasteiger partial charge in [-0.3, -0.25) is 9.88 Å². The Morgan fingerprint density at radius 1 is 1.68 bits per heavy atom. The van der Waals surface area contributed by atoms with E-state index in [0.717, 1.165) is 12.1 Å². The monoisotopic (exact) mass is 268 g/mol. The molecule has 104 valence electrons. The first-order chi connectivity index (χ1) is 9.11. The highest BCUT2D eigenvalue weighted by Crippen LogP contribution is 2.24. The van der Waals surface area contributed by atoms with Gasteiger partial charge in [0.15, 0.2) is 6.10 Å². The van der Waals surface area contributed by atoms with Gasteiger partial charge in [0.25, 0.3) is 0 Å². The van der Waals surface area contributed by atoms with Crippen molar-refractivity contribution >= 4 is 5.97 Å². The lowest BCUT2D eigenvalue weighted by Crippen LogP contribution is -2.47. The zero-order valence-corrected chi connectivity index (χ0v) is 10.8. The van der Waals surface area contributed by atoms with E-state index in [0.29, 0.717) is 19.7 Å². The lowest BCUT2D eigenvalue weighted by atomic mass is 10.1. The molecular formula is C13H17FN2O3. The largest absolute Gasteiger partial charge is 0.479 e. The Bertz CT molecular complexity index is 438. The van der Waals surface area contributed by atoms with Crippen LogP contribution in [0.3, 0.4) is 0 Å². The summed E-state index contributed by atoms with van der Waals surface area (Å²) in [4.78, 5) is 17.1. The van der Waals surface area contributed by atoms with E-state index < -0.39 is 12.1 Å². The molecule has 2 atom stereocenters. The highest BCUT2D eigenvalue weighted by Gasteiger charge is 2.30. The van der Waals surface area contributed by atoms with Crippen LogP contribution in [0.4, 0.5) is 4.39 Å². The van der Waals surface area contributed by atoms with Crippen molar-refractivity contribution in [1.82, 2.24) is 9.88 Å². The van der Waals surface area contributed by atoms with Gasteiger partial charge in [0.05, 0.1) is 24.5 Å². The molecule has 1 fully saturated rings. The molecule has 1 aromatic rings. The molecule has 1 saturated heterocycles. The number of nitrogens with zero attached hydrogens (tertiary/aromatic N) is 2. The number of carbonyl (C=O) groups is 1. The van der Waals surface area contributed by atoms with E-state index in [-0.39, 0.29) is 11.9 Å². The molecule has 0 saturated carbocycles. The molecule has 2 rings (SSSR count). The Morgan fingerprint density at radius 2 is 2.47 bits per heavy atom. The quantitative estimate of drug-likeness (QED) is 0.895. The maximum atomic E-state index is 12.9. The SMILES string of the molecule is CCC(c1ccc(F)cn1)N1CCOC(C(=O)O)C1. The fourth-order valence-electron chi connectivity index (χ4n) is 2.34. The molecule has 0 aromatic carbocycles. The van der Waals surface area contributed by atoms with Crippen LogP contribution in [-0.2, 0) is 9.53 Å². The number of morpholine rings is 1. The van der Waals surface area contributed by atoms with E-state index in [4.69, 9.17) is 9.84 Å². The molecule has 1 aliphatic rings. The summed E-state index contributed by atoms with van der Waals surface area (Å²) in [7, 11) is 0. The van der Waals surface area contributed by atoms with E-state index in [1.165, 1.54) is 12.3 Å². The van der Waals surface area contributed by atoms with Crippen LogP contribution in [0.5, 0.6) is 0 Å². The predicted octanol–water partition coefficient (Wildman–Crippen LogP) is 1.46. The molecule has 1 aromatic heterocycles. The minimum absolute atomic E-state index is 0.00801. The molecule has 0 bridgehead atoms. The second kappa shape index (κ2) is 6.08. The van der Waals surface area contributed by atoms with Gasteiger partial charge >= 0.3 is 5.97 Å². The Hall–Kier alpha value is -1.53. The average molecular weight is 268 g/mol.